The first-order chi connectivity index (χ1) is 12.2. The van der Waals surface area contributed by atoms with Crippen LogP contribution in [0.15, 0.2) is 59.9 Å². The van der Waals surface area contributed by atoms with Gasteiger partial charge in [0.15, 0.2) is 11.2 Å². The molecule has 0 radical (unpaired) electrons. The fraction of sp³-hybridized carbons (Fsp3) is 0.111. The summed E-state index contributed by atoms with van der Waals surface area (Å²) >= 11 is 0. The van der Waals surface area contributed by atoms with E-state index in [0.717, 1.165) is 16.9 Å². The van der Waals surface area contributed by atoms with Crippen molar-refractivity contribution in [3.05, 3.63) is 71.0 Å². The third kappa shape index (κ3) is 2.87. The van der Waals surface area contributed by atoms with Gasteiger partial charge in [-0.1, -0.05) is 12.1 Å². The highest BCUT2D eigenvalue weighted by Crippen LogP contribution is 2.17. The zero-order chi connectivity index (χ0) is 17.2. The van der Waals surface area contributed by atoms with Crippen molar-refractivity contribution >= 4 is 11.2 Å². The number of ether oxygens (including phenoxy) is 1. The molecule has 124 valence electrons. The van der Waals surface area contributed by atoms with Gasteiger partial charge in [-0.05, 0) is 29.8 Å². The largest absolute Gasteiger partial charge is 0.497 e. The molecule has 0 saturated carbocycles. The van der Waals surface area contributed by atoms with Gasteiger partial charge in [0.2, 0.25) is 0 Å². The third-order valence-electron chi connectivity index (χ3n) is 3.92. The predicted molar refractivity (Wildman–Crippen MR) is 93.5 cm³/mol. The zero-order valence-corrected chi connectivity index (χ0v) is 13.5. The molecule has 0 amide bonds. The second-order valence-corrected chi connectivity index (χ2v) is 5.55. The molecular weight excluding hydrogens is 318 g/mol. The molecule has 0 bridgehead atoms. The van der Waals surface area contributed by atoms with Crippen LogP contribution in [0, 0.1) is 0 Å². The van der Waals surface area contributed by atoms with E-state index in [-0.39, 0.29) is 5.56 Å². The number of aromatic amines is 1. The van der Waals surface area contributed by atoms with Gasteiger partial charge in [-0.3, -0.25) is 9.78 Å². The maximum atomic E-state index is 12.6. The Bertz CT molecular complexity index is 1090. The minimum atomic E-state index is -0.225. The molecule has 0 spiro atoms. The lowest BCUT2D eigenvalue weighted by Gasteiger charge is -2.06. The van der Waals surface area contributed by atoms with Crippen molar-refractivity contribution in [2.75, 3.05) is 7.11 Å². The topological polar surface area (TPSA) is 85.7 Å². The van der Waals surface area contributed by atoms with E-state index in [2.05, 4.69) is 19.9 Å². The van der Waals surface area contributed by atoms with Crippen LogP contribution >= 0.6 is 0 Å². The molecule has 0 aliphatic rings. The van der Waals surface area contributed by atoms with Crippen LogP contribution < -0.4 is 10.3 Å². The van der Waals surface area contributed by atoms with E-state index >= 15 is 0 Å². The quantitative estimate of drug-likeness (QED) is 0.619. The summed E-state index contributed by atoms with van der Waals surface area (Å²) in [7, 11) is 1.63. The summed E-state index contributed by atoms with van der Waals surface area (Å²) in [5.41, 5.74) is 2.43. The van der Waals surface area contributed by atoms with Gasteiger partial charge in [0.1, 0.15) is 11.6 Å². The maximum absolute atomic E-state index is 12.6. The molecule has 3 aromatic heterocycles. The number of H-pyrrole nitrogens is 1. The van der Waals surface area contributed by atoms with Gasteiger partial charge in [-0.15, -0.1) is 0 Å². The monoisotopic (exact) mass is 333 g/mol. The maximum Gasteiger partial charge on any atom is 0.277 e. The Labute approximate surface area is 143 Å². The van der Waals surface area contributed by atoms with E-state index in [1.165, 1.54) is 0 Å². The zero-order valence-electron chi connectivity index (χ0n) is 13.5. The molecule has 4 aromatic rings. The number of methoxy groups -OCH3 is 1. The SMILES string of the molecule is COc1cccc(Cn2cnc3nc(-c4ccncc4)[nH]c(=O)c32)c1. The number of nitrogens with one attached hydrogen (secondary N) is 1. The second-order valence-electron chi connectivity index (χ2n) is 5.55. The Morgan fingerprint density at radius 3 is 2.84 bits per heavy atom. The summed E-state index contributed by atoms with van der Waals surface area (Å²) in [4.78, 5) is 28.1. The molecule has 1 N–H and O–H groups in total. The standard InChI is InChI=1S/C18H15N5O2/c1-25-14-4-2-3-12(9-14)10-23-11-20-17-15(23)18(24)22-16(21-17)13-5-7-19-8-6-13/h2-9,11H,10H2,1H3,(H,21,22,24). The number of aromatic nitrogens is 5. The average molecular weight is 333 g/mol. The minimum absolute atomic E-state index is 0.225. The summed E-state index contributed by atoms with van der Waals surface area (Å²) in [5, 5.41) is 0. The van der Waals surface area contributed by atoms with Gasteiger partial charge >= 0.3 is 0 Å². The van der Waals surface area contributed by atoms with Gasteiger partial charge in [-0.2, -0.15) is 0 Å². The lowest BCUT2D eigenvalue weighted by molar-refractivity contribution is 0.414. The fourth-order valence-corrected chi connectivity index (χ4v) is 2.72. The molecule has 0 fully saturated rings. The van der Waals surface area contributed by atoms with E-state index in [1.54, 1.807) is 42.5 Å². The molecule has 0 aliphatic carbocycles. The molecule has 1 aromatic carbocycles. The van der Waals surface area contributed by atoms with E-state index in [0.29, 0.717) is 23.5 Å². The van der Waals surface area contributed by atoms with Crippen LogP contribution in [0.25, 0.3) is 22.6 Å². The van der Waals surface area contributed by atoms with Crippen LogP contribution in [0.3, 0.4) is 0 Å². The number of hydrogen-bond donors (Lipinski definition) is 1. The molecule has 0 aliphatic heterocycles. The van der Waals surface area contributed by atoms with Gasteiger partial charge in [-0.25, -0.2) is 9.97 Å². The van der Waals surface area contributed by atoms with Crippen molar-refractivity contribution < 1.29 is 4.74 Å². The summed E-state index contributed by atoms with van der Waals surface area (Å²) in [6.07, 6.45) is 4.94. The third-order valence-corrected chi connectivity index (χ3v) is 3.92. The Hall–Kier alpha value is -3.48. The van der Waals surface area contributed by atoms with Crippen LogP contribution in [-0.4, -0.2) is 31.6 Å². The van der Waals surface area contributed by atoms with Crippen LogP contribution in [0.4, 0.5) is 0 Å². The normalized spacial score (nSPS) is 10.9. The molecule has 4 rings (SSSR count). The van der Waals surface area contributed by atoms with Gasteiger partial charge in [0, 0.05) is 24.5 Å². The minimum Gasteiger partial charge on any atom is -0.497 e. The van der Waals surface area contributed by atoms with Crippen molar-refractivity contribution in [3.8, 4) is 17.1 Å². The number of pyridine rings is 1. The average Bonchev–Trinajstić information content (AvgIpc) is 3.06. The van der Waals surface area contributed by atoms with Gasteiger partial charge in [0.25, 0.3) is 5.56 Å². The highest BCUT2D eigenvalue weighted by Gasteiger charge is 2.12. The molecule has 0 atom stereocenters. The van der Waals surface area contributed by atoms with Crippen molar-refractivity contribution in [2.24, 2.45) is 0 Å². The van der Waals surface area contributed by atoms with E-state index in [9.17, 15) is 4.79 Å². The van der Waals surface area contributed by atoms with Gasteiger partial charge in [0.05, 0.1) is 13.4 Å². The lowest BCUT2D eigenvalue weighted by Crippen LogP contribution is -2.13. The Morgan fingerprint density at radius 1 is 1.20 bits per heavy atom. The number of hydrogen-bond acceptors (Lipinski definition) is 5. The first kappa shape index (κ1) is 15.1. The van der Waals surface area contributed by atoms with Crippen LogP contribution in [0.2, 0.25) is 0 Å². The van der Waals surface area contributed by atoms with Crippen molar-refractivity contribution in [3.63, 3.8) is 0 Å². The number of benzene rings is 1. The summed E-state index contributed by atoms with van der Waals surface area (Å²) in [6.45, 7) is 0.507. The molecule has 0 unspecified atom stereocenters. The summed E-state index contributed by atoms with van der Waals surface area (Å²) < 4.78 is 7.02. The smallest absolute Gasteiger partial charge is 0.277 e. The molecule has 3 heterocycles. The first-order valence-corrected chi connectivity index (χ1v) is 7.73. The highest BCUT2D eigenvalue weighted by atomic mass is 16.5. The predicted octanol–water partition coefficient (Wildman–Crippen LogP) is 2.24. The van der Waals surface area contributed by atoms with E-state index in [4.69, 9.17) is 4.74 Å². The Balaban J connectivity index is 1.76. The Morgan fingerprint density at radius 2 is 2.04 bits per heavy atom. The Kier molecular flexibility index (Phi) is 3.74. The van der Waals surface area contributed by atoms with Crippen LogP contribution in [0.1, 0.15) is 5.56 Å². The summed E-state index contributed by atoms with van der Waals surface area (Å²) in [5.74, 6) is 1.25. The van der Waals surface area contributed by atoms with Crippen molar-refractivity contribution in [1.29, 1.82) is 0 Å². The molecule has 7 heteroatoms. The number of imidazole rings is 1. The number of fused-ring (bicyclic) bond motifs is 1. The highest BCUT2D eigenvalue weighted by molar-refractivity contribution is 5.72. The second kappa shape index (κ2) is 6.20. The molecule has 0 saturated heterocycles. The van der Waals surface area contributed by atoms with Crippen LogP contribution in [0.5, 0.6) is 5.75 Å². The first-order valence-electron chi connectivity index (χ1n) is 7.73. The van der Waals surface area contributed by atoms with Crippen molar-refractivity contribution in [2.45, 2.75) is 6.54 Å². The van der Waals surface area contributed by atoms with E-state index < -0.39 is 0 Å². The fourth-order valence-electron chi connectivity index (χ4n) is 2.72. The van der Waals surface area contributed by atoms with Gasteiger partial charge < -0.3 is 14.3 Å². The van der Waals surface area contributed by atoms with E-state index in [1.807, 2.05) is 24.3 Å². The molecule has 7 nitrogen and oxygen atoms in total. The van der Waals surface area contributed by atoms with Crippen LogP contribution in [-0.2, 0) is 6.54 Å². The molecule has 25 heavy (non-hydrogen) atoms. The summed E-state index contributed by atoms with van der Waals surface area (Å²) in [6, 6.07) is 11.3. The lowest BCUT2D eigenvalue weighted by atomic mass is 10.2. The van der Waals surface area contributed by atoms with Crippen molar-refractivity contribution in [1.82, 2.24) is 24.5 Å². The molecular formula is C18H15N5O2. The number of rotatable bonds is 4. The number of nitrogens with zero attached hydrogens (tertiary/aromatic N) is 4.